The molecule has 0 radical (unpaired) electrons. The van der Waals surface area contributed by atoms with Gasteiger partial charge in [-0.05, 0) is 104 Å². The van der Waals surface area contributed by atoms with Crippen molar-refractivity contribution in [2.75, 3.05) is 5.32 Å². The number of benzene rings is 2. The van der Waals surface area contributed by atoms with Crippen molar-refractivity contribution in [3.05, 3.63) is 62.6 Å². The summed E-state index contributed by atoms with van der Waals surface area (Å²) in [4.78, 5) is 25.7. The van der Waals surface area contributed by atoms with Gasteiger partial charge in [0.2, 0.25) is 5.91 Å². The van der Waals surface area contributed by atoms with Gasteiger partial charge in [0.1, 0.15) is 5.60 Å². The Morgan fingerprint density at radius 3 is 2.52 bits per heavy atom. The predicted octanol–water partition coefficient (Wildman–Crippen LogP) is 7.60. The van der Waals surface area contributed by atoms with E-state index in [1.54, 1.807) is 0 Å². The fourth-order valence-electron chi connectivity index (χ4n) is 4.56. The predicted molar refractivity (Wildman–Crippen MR) is 138 cm³/mol. The lowest BCUT2D eigenvalue weighted by Gasteiger charge is -2.24. The lowest BCUT2D eigenvalue weighted by Crippen LogP contribution is -2.27. The highest BCUT2D eigenvalue weighted by Crippen LogP contribution is 2.40. The highest BCUT2D eigenvalue weighted by atomic mass is 79.9. The third-order valence-corrected chi connectivity index (χ3v) is 7.41. The molecule has 33 heavy (non-hydrogen) atoms. The Kier molecular flexibility index (Phi) is 8.63. The summed E-state index contributed by atoms with van der Waals surface area (Å²) in [5.41, 5.74) is 3.25. The van der Waals surface area contributed by atoms with Crippen molar-refractivity contribution in [1.29, 1.82) is 0 Å². The number of hydrogen-bond donors (Lipinski definition) is 1. The molecule has 1 amide bonds. The van der Waals surface area contributed by atoms with Gasteiger partial charge in [-0.15, -0.1) is 0 Å². The van der Waals surface area contributed by atoms with Gasteiger partial charge >= 0.3 is 5.97 Å². The summed E-state index contributed by atoms with van der Waals surface area (Å²) in [5, 5.41) is 3.79. The van der Waals surface area contributed by atoms with Crippen LogP contribution in [-0.4, -0.2) is 17.5 Å². The van der Waals surface area contributed by atoms with Crippen LogP contribution in [-0.2, 0) is 20.7 Å². The minimum absolute atomic E-state index is 0.00678. The smallest absolute Gasteiger partial charge is 0.306 e. The highest BCUT2D eigenvalue weighted by Gasteiger charge is 2.32. The Bertz CT molecular complexity index is 1010. The Hall–Kier alpha value is -1.85. The molecule has 0 aliphatic heterocycles. The van der Waals surface area contributed by atoms with Crippen LogP contribution in [0.3, 0.4) is 0 Å². The molecule has 0 spiro atoms. The molecule has 1 saturated carbocycles. The van der Waals surface area contributed by atoms with Gasteiger partial charge in [-0.1, -0.05) is 42.6 Å². The number of carbonyl (C=O) groups excluding carboxylic acids is 2. The van der Waals surface area contributed by atoms with E-state index in [1.165, 1.54) is 0 Å². The first-order valence-corrected chi connectivity index (χ1v) is 12.8. The molecular formula is C27H33BrClNO3. The second kappa shape index (κ2) is 11.1. The quantitative estimate of drug-likeness (QED) is 0.372. The van der Waals surface area contributed by atoms with E-state index in [4.69, 9.17) is 16.3 Å². The minimum Gasteiger partial charge on any atom is -0.460 e. The van der Waals surface area contributed by atoms with Gasteiger partial charge in [0.15, 0.2) is 0 Å². The summed E-state index contributed by atoms with van der Waals surface area (Å²) >= 11 is 9.81. The number of hydrogen-bond acceptors (Lipinski definition) is 3. The summed E-state index contributed by atoms with van der Waals surface area (Å²) in [7, 11) is 0. The van der Waals surface area contributed by atoms with Crippen molar-refractivity contribution in [2.24, 2.45) is 5.92 Å². The summed E-state index contributed by atoms with van der Waals surface area (Å²) in [6.45, 7) is 7.59. The van der Waals surface area contributed by atoms with Crippen molar-refractivity contribution in [2.45, 2.75) is 77.7 Å². The maximum absolute atomic E-state index is 13.5. The molecule has 0 aromatic heterocycles. The average molecular weight is 535 g/mol. The van der Waals surface area contributed by atoms with Gasteiger partial charge in [0, 0.05) is 16.6 Å². The second-order valence-electron chi connectivity index (χ2n) is 9.86. The summed E-state index contributed by atoms with van der Waals surface area (Å²) in [5.74, 6) is -0.168. The van der Waals surface area contributed by atoms with Crippen LogP contribution in [0.2, 0.25) is 5.02 Å². The van der Waals surface area contributed by atoms with Crippen LogP contribution < -0.4 is 5.32 Å². The first-order chi connectivity index (χ1) is 15.5. The fourth-order valence-corrected chi connectivity index (χ4v) is 5.00. The van der Waals surface area contributed by atoms with Crippen LogP contribution in [0, 0.1) is 12.8 Å². The molecule has 2 aromatic carbocycles. The number of rotatable bonds is 7. The first kappa shape index (κ1) is 25.8. The molecule has 1 aliphatic carbocycles. The number of carbonyl (C=O) groups is 2. The van der Waals surface area contributed by atoms with Gasteiger partial charge < -0.3 is 10.1 Å². The van der Waals surface area contributed by atoms with E-state index in [-0.39, 0.29) is 17.8 Å². The van der Waals surface area contributed by atoms with E-state index < -0.39 is 5.60 Å². The number of aryl methyl sites for hydroxylation is 1. The summed E-state index contributed by atoms with van der Waals surface area (Å²) < 4.78 is 6.25. The summed E-state index contributed by atoms with van der Waals surface area (Å²) in [6, 6.07) is 11.6. The SMILES string of the molecule is Cc1c(CCC(=O)OC(C)(C)C)cccc1NC(=O)[C@@H](c1ccc(Br)c(Cl)c1)C1CCCC1. The van der Waals surface area contributed by atoms with Crippen LogP contribution in [0.15, 0.2) is 40.9 Å². The van der Waals surface area contributed by atoms with Gasteiger partial charge in [-0.25, -0.2) is 0 Å². The second-order valence-corrected chi connectivity index (χ2v) is 11.1. The zero-order valence-electron chi connectivity index (χ0n) is 19.8. The van der Waals surface area contributed by atoms with E-state index in [0.29, 0.717) is 23.8 Å². The average Bonchev–Trinajstić information content (AvgIpc) is 3.24. The minimum atomic E-state index is -0.493. The van der Waals surface area contributed by atoms with Crippen LogP contribution in [0.4, 0.5) is 5.69 Å². The Balaban J connectivity index is 1.77. The lowest BCUT2D eigenvalue weighted by atomic mass is 9.84. The number of amides is 1. The normalized spacial score (nSPS) is 15.3. The van der Waals surface area contributed by atoms with Gasteiger partial charge in [-0.3, -0.25) is 9.59 Å². The Morgan fingerprint density at radius 1 is 1.18 bits per heavy atom. The van der Waals surface area contributed by atoms with Crippen molar-refractivity contribution < 1.29 is 14.3 Å². The third-order valence-electron chi connectivity index (χ3n) is 6.18. The highest BCUT2D eigenvalue weighted by molar-refractivity contribution is 9.10. The standard InChI is InChI=1S/C27H33BrClNO3/c1-17-18(13-15-24(31)33-27(2,3)4)10-7-11-23(17)30-26(32)25(19-8-5-6-9-19)20-12-14-21(28)22(29)16-20/h7,10-12,14,16,19,25H,5-6,8-9,13,15H2,1-4H3,(H,30,32)/t25-/m1/s1. The Morgan fingerprint density at radius 2 is 1.88 bits per heavy atom. The topological polar surface area (TPSA) is 55.4 Å². The third kappa shape index (κ3) is 7.07. The van der Waals surface area contributed by atoms with Crippen LogP contribution >= 0.6 is 27.5 Å². The van der Waals surface area contributed by atoms with Gasteiger partial charge in [0.25, 0.3) is 0 Å². The molecule has 6 heteroatoms. The molecular weight excluding hydrogens is 502 g/mol. The van der Waals surface area contributed by atoms with Crippen LogP contribution in [0.1, 0.15) is 75.5 Å². The maximum atomic E-state index is 13.5. The molecule has 1 fully saturated rings. The van der Waals surface area contributed by atoms with Crippen molar-refractivity contribution in [3.63, 3.8) is 0 Å². The number of nitrogens with one attached hydrogen (secondary N) is 1. The molecule has 178 valence electrons. The molecule has 2 aromatic rings. The molecule has 1 atom stereocenters. The van der Waals surface area contributed by atoms with E-state index in [2.05, 4.69) is 21.2 Å². The molecule has 0 bridgehead atoms. The van der Waals surface area contributed by atoms with Crippen molar-refractivity contribution in [3.8, 4) is 0 Å². The largest absolute Gasteiger partial charge is 0.460 e. The van der Waals surface area contributed by atoms with Crippen LogP contribution in [0.25, 0.3) is 0 Å². The molecule has 1 aliphatic rings. The number of esters is 1. The van der Waals surface area contributed by atoms with E-state index in [9.17, 15) is 9.59 Å². The lowest BCUT2D eigenvalue weighted by molar-refractivity contribution is -0.154. The zero-order valence-corrected chi connectivity index (χ0v) is 22.2. The van der Waals surface area contributed by atoms with Crippen molar-refractivity contribution >= 4 is 45.1 Å². The maximum Gasteiger partial charge on any atom is 0.306 e. The zero-order chi connectivity index (χ0) is 24.2. The first-order valence-electron chi connectivity index (χ1n) is 11.6. The van der Waals surface area contributed by atoms with Gasteiger partial charge in [0.05, 0.1) is 10.9 Å². The number of ether oxygens (including phenoxy) is 1. The molecule has 0 saturated heterocycles. The van der Waals surface area contributed by atoms with Gasteiger partial charge in [-0.2, -0.15) is 0 Å². The molecule has 1 N–H and O–H groups in total. The summed E-state index contributed by atoms with van der Waals surface area (Å²) in [6.07, 6.45) is 5.26. The van der Waals surface area contributed by atoms with E-state index in [1.807, 2.05) is 64.1 Å². The van der Waals surface area contributed by atoms with Crippen molar-refractivity contribution in [1.82, 2.24) is 0 Å². The Labute approximate surface area is 210 Å². The van der Waals surface area contributed by atoms with Crippen LogP contribution in [0.5, 0.6) is 0 Å². The molecule has 0 unspecified atom stereocenters. The molecule has 3 rings (SSSR count). The number of anilines is 1. The van der Waals surface area contributed by atoms with E-state index in [0.717, 1.165) is 52.5 Å². The monoisotopic (exact) mass is 533 g/mol. The molecule has 0 heterocycles. The molecule has 4 nitrogen and oxygen atoms in total. The fraction of sp³-hybridized carbons (Fsp3) is 0.481. The van der Waals surface area contributed by atoms with E-state index >= 15 is 0 Å². The number of halogens is 2.